The maximum atomic E-state index is 12.5. The third kappa shape index (κ3) is 2.86. The SMILES string of the molecule is Cc1c(C(=O)N[C@H]2CCCC[C@@H]2C)oc2ccc(Br)cc12. The van der Waals surface area contributed by atoms with Gasteiger partial charge in [0.05, 0.1) is 0 Å². The van der Waals surface area contributed by atoms with Gasteiger partial charge >= 0.3 is 0 Å². The summed E-state index contributed by atoms with van der Waals surface area (Å²) in [5.41, 5.74) is 1.67. The summed E-state index contributed by atoms with van der Waals surface area (Å²) in [5, 5.41) is 4.15. The second-order valence-corrected chi connectivity index (χ2v) is 6.95. The number of hydrogen-bond donors (Lipinski definition) is 1. The smallest absolute Gasteiger partial charge is 0.287 e. The van der Waals surface area contributed by atoms with Gasteiger partial charge in [-0.2, -0.15) is 0 Å². The number of rotatable bonds is 2. The Hall–Kier alpha value is -1.29. The maximum absolute atomic E-state index is 12.5. The van der Waals surface area contributed by atoms with Crippen LogP contribution in [0.4, 0.5) is 0 Å². The van der Waals surface area contributed by atoms with Crippen molar-refractivity contribution >= 4 is 32.8 Å². The molecule has 0 aliphatic heterocycles. The molecule has 1 aliphatic rings. The number of nitrogens with one attached hydrogen (secondary N) is 1. The van der Waals surface area contributed by atoms with Crippen molar-refractivity contribution in [2.24, 2.45) is 5.92 Å². The van der Waals surface area contributed by atoms with Crippen LogP contribution in [0.15, 0.2) is 27.1 Å². The van der Waals surface area contributed by atoms with E-state index in [1.807, 2.05) is 25.1 Å². The number of halogens is 1. The topological polar surface area (TPSA) is 42.2 Å². The van der Waals surface area contributed by atoms with Crippen LogP contribution in [0.2, 0.25) is 0 Å². The number of hydrogen-bond acceptors (Lipinski definition) is 2. The largest absolute Gasteiger partial charge is 0.451 e. The maximum Gasteiger partial charge on any atom is 0.287 e. The molecule has 1 amide bonds. The molecule has 1 aromatic carbocycles. The van der Waals surface area contributed by atoms with Crippen molar-refractivity contribution in [2.75, 3.05) is 0 Å². The summed E-state index contributed by atoms with van der Waals surface area (Å²) < 4.78 is 6.75. The van der Waals surface area contributed by atoms with E-state index in [0.29, 0.717) is 11.7 Å². The van der Waals surface area contributed by atoms with Crippen LogP contribution in [0.3, 0.4) is 0 Å². The average Bonchev–Trinajstić information content (AvgIpc) is 2.79. The minimum atomic E-state index is -0.0847. The lowest BCUT2D eigenvalue weighted by atomic mass is 9.86. The van der Waals surface area contributed by atoms with Crippen LogP contribution in [-0.2, 0) is 0 Å². The van der Waals surface area contributed by atoms with Crippen LogP contribution in [0, 0.1) is 12.8 Å². The highest BCUT2D eigenvalue weighted by atomic mass is 79.9. The number of amides is 1. The molecule has 3 nitrogen and oxygen atoms in total. The van der Waals surface area contributed by atoms with Crippen molar-refractivity contribution in [3.8, 4) is 0 Å². The first-order valence-electron chi connectivity index (χ1n) is 7.56. The Morgan fingerprint density at radius 3 is 2.86 bits per heavy atom. The highest BCUT2D eigenvalue weighted by molar-refractivity contribution is 9.10. The Morgan fingerprint density at radius 1 is 1.33 bits per heavy atom. The molecule has 0 bridgehead atoms. The number of aryl methyl sites for hydroxylation is 1. The second kappa shape index (κ2) is 5.84. The summed E-state index contributed by atoms with van der Waals surface area (Å²) in [5.74, 6) is 0.904. The van der Waals surface area contributed by atoms with Crippen LogP contribution in [0.1, 0.15) is 48.7 Å². The van der Waals surface area contributed by atoms with E-state index >= 15 is 0 Å². The third-order valence-electron chi connectivity index (χ3n) is 4.53. The average molecular weight is 350 g/mol. The molecular formula is C17H20BrNO2. The number of furan rings is 1. The molecule has 0 unspecified atom stereocenters. The van der Waals surface area contributed by atoms with E-state index in [9.17, 15) is 4.79 Å². The highest BCUT2D eigenvalue weighted by Crippen LogP contribution is 2.29. The number of carbonyl (C=O) groups excluding carboxylic acids is 1. The molecule has 1 fully saturated rings. The fourth-order valence-electron chi connectivity index (χ4n) is 3.17. The summed E-state index contributed by atoms with van der Waals surface area (Å²) in [6, 6.07) is 6.09. The summed E-state index contributed by atoms with van der Waals surface area (Å²) in [6.45, 7) is 4.16. The summed E-state index contributed by atoms with van der Waals surface area (Å²) in [4.78, 5) is 12.5. The molecule has 1 N–H and O–H groups in total. The zero-order chi connectivity index (χ0) is 15.0. The normalized spacial score (nSPS) is 22.4. The van der Waals surface area contributed by atoms with Crippen molar-refractivity contribution in [1.29, 1.82) is 0 Å². The first-order chi connectivity index (χ1) is 10.1. The molecule has 3 rings (SSSR count). The predicted molar refractivity (Wildman–Crippen MR) is 87.5 cm³/mol. The van der Waals surface area contributed by atoms with E-state index in [0.717, 1.165) is 27.4 Å². The lowest BCUT2D eigenvalue weighted by molar-refractivity contribution is 0.0883. The second-order valence-electron chi connectivity index (χ2n) is 6.04. The Morgan fingerprint density at radius 2 is 2.10 bits per heavy atom. The Bertz CT molecular complexity index is 677. The molecule has 2 aromatic rings. The molecule has 112 valence electrons. The standard InChI is InChI=1S/C17H20BrNO2/c1-10-5-3-4-6-14(10)19-17(20)16-11(2)13-9-12(18)7-8-15(13)21-16/h7-10,14H,3-6H2,1-2H3,(H,19,20)/t10-,14-/m0/s1. The fourth-order valence-corrected chi connectivity index (χ4v) is 3.54. The molecule has 1 aromatic heterocycles. The van der Waals surface area contributed by atoms with Crippen molar-refractivity contribution < 1.29 is 9.21 Å². The quantitative estimate of drug-likeness (QED) is 0.844. The first-order valence-corrected chi connectivity index (χ1v) is 8.35. The Kier molecular flexibility index (Phi) is 4.07. The Labute approximate surface area is 133 Å². The minimum absolute atomic E-state index is 0.0847. The fraction of sp³-hybridized carbons (Fsp3) is 0.471. The van der Waals surface area contributed by atoms with Gasteiger partial charge in [-0.1, -0.05) is 35.7 Å². The van der Waals surface area contributed by atoms with Gasteiger partial charge in [-0.3, -0.25) is 4.79 Å². The molecule has 1 aliphatic carbocycles. The lowest BCUT2D eigenvalue weighted by Crippen LogP contribution is -2.41. The van der Waals surface area contributed by atoms with E-state index in [-0.39, 0.29) is 11.9 Å². The van der Waals surface area contributed by atoms with Gasteiger partial charge < -0.3 is 9.73 Å². The first kappa shape index (κ1) is 14.6. The molecule has 21 heavy (non-hydrogen) atoms. The van der Waals surface area contributed by atoms with E-state index < -0.39 is 0 Å². The predicted octanol–water partition coefficient (Wildman–Crippen LogP) is 4.81. The monoisotopic (exact) mass is 349 g/mol. The van der Waals surface area contributed by atoms with Crippen molar-refractivity contribution in [3.05, 3.63) is 34.0 Å². The Balaban J connectivity index is 1.86. The van der Waals surface area contributed by atoms with Crippen LogP contribution >= 0.6 is 15.9 Å². The lowest BCUT2D eigenvalue weighted by Gasteiger charge is -2.29. The third-order valence-corrected chi connectivity index (χ3v) is 5.03. The molecule has 1 saturated carbocycles. The molecule has 1 heterocycles. The molecule has 0 saturated heterocycles. The summed E-state index contributed by atoms with van der Waals surface area (Å²) in [6.07, 6.45) is 4.72. The number of fused-ring (bicyclic) bond motifs is 1. The summed E-state index contributed by atoms with van der Waals surface area (Å²) in [7, 11) is 0. The van der Waals surface area contributed by atoms with Gasteiger partial charge in [-0.15, -0.1) is 0 Å². The van der Waals surface area contributed by atoms with Gasteiger partial charge in [0, 0.05) is 21.5 Å². The zero-order valence-electron chi connectivity index (χ0n) is 12.4. The summed E-state index contributed by atoms with van der Waals surface area (Å²) >= 11 is 3.46. The van der Waals surface area contributed by atoms with Crippen molar-refractivity contribution in [1.82, 2.24) is 5.32 Å². The molecule has 2 atom stereocenters. The highest BCUT2D eigenvalue weighted by Gasteiger charge is 2.25. The molecule has 0 radical (unpaired) electrons. The molecule has 4 heteroatoms. The van der Waals surface area contributed by atoms with Crippen LogP contribution in [0.25, 0.3) is 11.0 Å². The van der Waals surface area contributed by atoms with E-state index in [4.69, 9.17) is 4.42 Å². The van der Waals surface area contributed by atoms with Gasteiger partial charge in [-0.25, -0.2) is 0 Å². The van der Waals surface area contributed by atoms with E-state index in [1.54, 1.807) is 0 Å². The number of carbonyl (C=O) groups is 1. The minimum Gasteiger partial charge on any atom is -0.451 e. The van der Waals surface area contributed by atoms with Gasteiger partial charge in [0.15, 0.2) is 5.76 Å². The van der Waals surface area contributed by atoms with E-state index in [2.05, 4.69) is 28.2 Å². The van der Waals surface area contributed by atoms with Gasteiger partial charge in [-0.05, 0) is 43.9 Å². The van der Waals surface area contributed by atoms with Crippen LogP contribution < -0.4 is 5.32 Å². The van der Waals surface area contributed by atoms with Gasteiger partial charge in [0.1, 0.15) is 5.58 Å². The van der Waals surface area contributed by atoms with Crippen LogP contribution in [0.5, 0.6) is 0 Å². The molecule has 0 spiro atoms. The number of benzene rings is 1. The van der Waals surface area contributed by atoms with Gasteiger partial charge in [0.2, 0.25) is 0 Å². The van der Waals surface area contributed by atoms with Crippen LogP contribution in [-0.4, -0.2) is 11.9 Å². The van der Waals surface area contributed by atoms with Crippen molar-refractivity contribution in [2.45, 2.75) is 45.6 Å². The van der Waals surface area contributed by atoms with Gasteiger partial charge in [0.25, 0.3) is 5.91 Å². The molecular weight excluding hydrogens is 330 g/mol. The van der Waals surface area contributed by atoms with E-state index in [1.165, 1.54) is 19.3 Å². The zero-order valence-corrected chi connectivity index (χ0v) is 14.0. The van der Waals surface area contributed by atoms with Crippen molar-refractivity contribution in [3.63, 3.8) is 0 Å².